The first kappa shape index (κ1) is 10.2. The highest BCUT2D eigenvalue weighted by Gasteiger charge is 2.42. The second kappa shape index (κ2) is 3.82. The molecule has 2 aliphatic rings. The van der Waals surface area contributed by atoms with E-state index >= 15 is 0 Å². The zero-order chi connectivity index (χ0) is 11.1. The number of aromatic hydroxyl groups is 1. The molecule has 1 aliphatic heterocycles. The van der Waals surface area contributed by atoms with Crippen molar-refractivity contribution >= 4 is 16.7 Å². The molecule has 3 N–H and O–H groups in total. The summed E-state index contributed by atoms with van der Waals surface area (Å²) in [5, 5.41) is 10.1. The van der Waals surface area contributed by atoms with Crippen molar-refractivity contribution in [2.24, 2.45) is 11.7 Å². The van der Waals surface area contributed by atoms with Gasteiger partial charge in [0.05, 0.1) is 0 Å². The summed E-state index contributed by atoms with van der Waals surface area (Å²) in [5.41, 5.74) is 7.00. The van der Waals surface area contributed by atoms with Crippen molar-refractivity contribution in [2.75, 3.05) is 0 Å². The largest absolute Gasteiger partial charge is 0.508 e. The van der Waals surface area contributed by atoms with Crippen LogP contribution in [0.15, 0.2) is 30.3 Å². The van der Waals surface area contributed by atoms with Gasteiger partial charge in [-0.15, -0.1) is 11.8 Å². The Balaban J connectivity index is 1.73. The third-order valence-electron chi connectivity index (χ3n) is 3.31. The molecule has 3 heteroatoms. The van der Waals surface area contributed by atoms with Gasteiger partial charge in [-0.3, -0.25) is 0 Å². The molecule has 0 amide bonds. The number of phenols is 1. The number of benzene rings is 1. The normalized spacial score (nSPS) is 32.6. The average molecular weight is 233 g/mol. The van der Waals surface area contributed by atoms with Crippen LogP contribution in [0.2, 0.25) is 0 Å². The molecule has 0 radical (unpaired) electrons. The maximum atomic E-state index is 9.45. The van der Waals surface area contributed by atoms with Crippen LogP contribution in [0.4, 0.5) is 0 Å². The Morgan fingerprint density at radius 3 is 2.88 bits per heavy atom. The molecule has 1 fully saturated rings. The number of hydrogen-bond donors (Lipinski definition) is 2. The monoisotopic (exact) mass is 233 g/mol. The number of rotatable bonds is 2. The van der Waals surface area contributed by atoms with Gasteiger partial charge in [0.2, 0.25) is 0 Å². The molecule has 3 atom stereocenters. The van der Waals surface area contributed by atoms with Crippen LogP contribution < -0.4 is 5.73 Å². The number of nitrogens with two attached hydrogens (primary N) is 1. The first-order valence-electron chi connectivity index (χ1n) is 5.66. The van der Waals surface area contributed by atoms with Crippen LogP contribution in [0.5, 0.6) is 5.75 Å². The Bertz CT molecular complexity index is 443. The molecule has 1 aromatic rings. The van der Waals surface area contributed by atoms with E-state index in [9.17, 15) is 5.11 Å². The van der Waals surface area contributed by atoms with Crippen LogP contribution in [0.25, 0.3) is 4.91 Å². The van der Waals surface area contributed by atoms with Crippen molar-refractivity contribution in [3.63, 3.8) is 0 Å². The molecular formula is C13H15NOS. The van der Waals surface area contributed by atoms with Crippen LogP contribution in [-0.2, 0) is 0 Å². The van der Waals surface area contributed by atoms with Crippen molar-refractivity contribution in [3.05, 3.63) is 35.9 Å². The first-order valence-corrected chi connectivity index (χ1v) is 6.54. The van der Waals surface area contributed by atoms with Crippen molar-refractivity contribution < 1.29 is 5.11 Å². The second-order valence-electron chi connectivity index (χ2n) is 4.57. The van der Waals surface area contributed by atoms with Gasteiger partial charge in [-0.05, 0) is 36.5 Å². The lowest BCUT2D eigenvalue weighted by molar-refractivity contribution is 0.475. The fourth-order valence-electron chi connectivity index (χ4n) is 2.25. The highest BCUT2D eigenvalue weighted by Crippen LogP contribution is 2.49. The number of thioether (sulfide) groups is 1. The van der Waals surface area contributed by atoms with Crippen LogP contribution in [0.3, 0.4) is 0 Å². The van der Waals surface area contributed by atoms with Gasteiger partial charge in [0.15, 0.2) is 0 Å². The summed E-state index contributed by atoms with van der Waals surface area (Å²) >= 11 is 1.92. The molecule has 84 valence electrons. The summed E-state index contributed by atoms with van der Waals surface area (Å²) < 4.78 is 0. The van der Waals surface area contributed by atoms with Crippen molar-refractivity contribution in [1.82, 2.24) is 0 Å². The molecule has 3 rings (SSSR count). The molecule has 1 saturated carbocycles. The van der Waals surface area contributed by atoms with Crippen LogP contribution in [0.1, 0.15) is 18.4 Å². The van der Waals surface area contributed by atoms with E-state index in [4.69, 9.17) is 5.73 Å². The van der Waals surface area contributed by atoms with E-state index in [2.05, 4.69) is 6.08 Å². The molecule has 0 saturated heterocycles. The topological polar surface area (TPSA) is 46.2 Å². The minimum absolute atomic E-state index is 0.338. The van der Waals surface area contributed by atoms with Crippen molar-refractivity contribution in [1.29, 1.82) is 0 Å². The molecule has 16 heavy (non-hydrogen) atoms. The molecule has 0 spiro atoms. The van der Waals surface area contributed by atoms with E-state index in [1.807, 2.05) is 30.0 Å². The number of allylic oxidation sites excluding steroid dienone is 1. The van der Waals surface area contributed by atoms with Gasteiger partial charge in [-0.25, -0.2) is 0 Å². The smallest absolute Gasteiger partial charge is 0.116 e. The van der Waals surface area contributed by atoms with Gasteiger partial charge < -0.3 is 10.8 Å². The van der Waals surface area contributed by atoms with E-state index in [0.29, 0.717) is 23.0 Å². The third kappa shape index (κ3) is 1.85. The fourth-order valence-corrected chi connectivity index (χ4v) is 3.71. The highest BCUT2D eigenvalue weighted by molar-refractivity contribution is 8.09. The standard InChI is InChI=1S/C13H15NOS/c14-11-7-10(11)13-5-4-12(16-13)8-2-1-3-9(15)6-8/h1-4,6,10-11,13,15H,5,7,14H2/t10-,11-,13?/m0/s1. The lowest BCUT2D eigenvalue weighted by Crippen LogP contribution is -2.10. The average Bonchev–Trinajstić information content (AvgIpc) is 2.81. The summed E-state index contributed by atoms with van der Waals surface area (Å²) in [6.07, 6.45) is 4.57. The maximum Gasteiger partial charge on any atom is 0.116 e. The lowest BCUT2D eigenvalue weighted by atomic mass is 10.1. The van der Waals surface area contributed by atoms with Gasteiger partial charge in [-0.2, -0.15) is 0 Å². The summed E-state index contributed by atoms with van der Waals surface area (Å²) in [6, 6.07) is 7.90. The molecule has 0 bridgehead atoms. The quantitative estimate of drug-likeness (QED) is 0.825. The van der Waals surface area contributed by atoms with Gasteiger partial charge >= 0.3 is 0 Å². The van der Waals surface area contributed by atoms with Crippen LogP contribution >= 0.6 is 11.8 Å². The Labute approximate surface area is 99.5 Å². The number of hydrogen-bond acceptors (Lipinski definition) is 3. The summed E-state index contributed by atoms with van der Waals surface area (Å²) in [7, 11) is 0. The highest BCUT2D eigenvalue weighted by atomic mass is 32.2. The van der Waals surface area contributed by atoms with E-state index in [1.54, 1.807) is 6.07 Å². The SMILES string of the molecule is N[C@H]1C[C@@H]1C1CC=C(c2cccc(O)c2)S1. The second-order valence-corrected chi connectivity index (χ2v) is 5.86. The predicted octanol–water partition coefficient (Wildman–Crippen LogP) is 2.59. The number of phenolic OH excluding ortho intramolecular Hbond substituents is 1. The Hall–Kier alpha value is -0.930. The van der Waals surface area contributed by atoms with E-state index in [1.165, 1.54) is 11.3 Å². The first-order chi connectivity index (χ1) is 7.74. The fraction of sp³-hybridized carbons (Fsp3) is 0.385. The van der Waals surface area contributed by atoms with Gasteiger partial charge in [0.25, 0.3) is 0 Å². The molecule has 2 nitrogen and oxygen atoms in total. The maximum absolute atomic E-state index is 9.45. The molecule has 1 unspecified atom stereocenters. The van der Waals surface area contributed by atoms with E-state index in [0.717, 1.165) is 12.0 Å². The van der Waals surface area contributed by atoms with Crippen LogP contribution in [-0.4, -0.2) is 16.4 Å². The third-order valence-corrected chi connectivity index (χ3v) is 4.81. The minimum atomic E-state index is 0.338. The zero-order valence-corrected chi connectivity index (χ0v) is 9.78. The minimum Gasteiger partial charge on any atom is -0.508 e. The molecule has 1 aromatic carbocycles. The Kier molecular flexibility index (Phi) is 2.45. The van der Waals surface area contributed by atoms with E-state index < -0.39 is 0 Å². The molecule has 1 aliphatic carbocycles. The summed E-state index contributed by atoms with van der Waals surface area (Å²) in [4.78, 5) is 1.29. The van der Waals surface area contributed by atoms with Crippen molar-refractivity contribution in [3.8, 4) is 5.75 Å². The summed E-state index contributed by atoms with van der Waals surface area (Å²) in [5.74, 6) is 1.04. The van der Waals surface area contributed by atoms with Crippen LogP contribution in [0, 0.1) is 5.92 Å². The van der Waals surface area contributed by atoms with Crippen molar-refractivity contribution in [2.45, 2.75) is 24.1 Å². The molecule has 1 heterocycles. The van der Waals surface area contributed by atoms with Gasteiger partial charge in [0.1, 0.15) is 5.75 Å². The molecular weight excluding hydrogens is 218 g/mol. The van der Waals surface area contributed by atoms with Gasteiger partial charge in [0, 0.05) is 16.2 Å². The lowest BCUT2D eigenvalue weighted by Gasteiger charge is -2.08. The predicted molar refractivity (Wildman–Crippen MR) is 68.2 cm³/mol. The Morgan fingerprint density at radius 1 is 1.38 bits per heavy atom. The molecule has 0 aromatic heterocycles. The summed E-state index contributed by atoms with van der Waals surface area (Å²) in [6.45, 7) is 0. The van der Waals surface area contributed by atoms with Gasteiger partial charge in [-0.1, -0.05) is 18.2 Å². The van der Waals surface area contributed by atoms with E-state index in [-0.39, 0.29) is 0 Å². The zero-order valence-electron chi connectivity index (χ0n) is 8.97. The Morgan fingerprint density at radius 2 is 2.19 bits per heavy atom.